The van der Waals surface area contributed by atoms with Crippen LogP contribution in [-0.4, -0.2) is 38.9 Å². The van der Waals surface area contributed by atoms with Crippen LogP contribution in [0.25, 0.3) is 0 Å². The Bertz CT molecular complexity index is 474. The number of hydrogen-bond acceptors (Lipinski definition) is 3. The summed E-state index contributed by atoms with van der Waals surface area (Å²) >= 11 is 0. The van der Waals surface area contributed by atoms with Crippen molar-refractivity contribution in [1.82, 2.24) is 19.9 Å². The minimum atomic E-state index is 0.384. The number of carbonyl (C=O) groups excluding carboxylic acids is 1. The number of amides is 1. The van der Waals surface area contributed by atoms with Gasteiger partial charge in [0.1, 0.15) is 0 Å². The van der Waals surface area contributed by atoms with Gasteiger partial charge in [0, 0.05) is 31.7 Å². The summed E-state index contributed by atoms with van der Waals surface area (Å²) in [5.74, 6) is 3.11. The summed E-state index contributed by atoms with van der Waals surface area (Å²) in [5.41, 5.74) is 0. The van der Waals surface area contributed by atoms with Crippen molar-refractivity contribution in [3.05, 3.63) is 12.4 Å². The lowest BCUT2D eigenvalue weighted by Crippen LogP contribution is -2.40. The van der Waals surface area contributed by atoms with E-state index in [1.165, 1.54) is 19.3 Å². The van der Waals surface area contributed by atoms with Gasteiger partial charge in [-0.1, -0.05) is 5.21 Å². The molecule has 5 heteroatoms. The second-order valence-corrected chi connectivity index (χ2v) is 6.74. The van der Waals surface area contributed by atoms with Gasteiger partial charge in [0.15, 0.2) is 0 Å². The molecule has 1 aromatic rings. The predicted octanol–water partition coefficient (Wildman–Crippen LogP) is 1.56. The van der Waals surface area contributed by atoms with Gasteiger partial charge in [0.25, 0.3) is 0 Å². The molecule has 4 rings (SSSR count). The van der Waals surface area contributed by atoms with Gasteiger partial charge in [0.05, 0.1) is 6.20 Å². The molecule has 0 aromatic carbocycles. The second kappa shape index (κ2) is 4.86. The first-order chi connectivity index (χ1) is 9.81. The summed E-state index contributed by atoms with van der Waals surface area (Å²) in [6, 6.07) is 0. The summed E-state index contributed by atoms with van der Waals surface area (Å²) in [6.07, 6.45) is 9.76. The molecular weight excluding hydrogens is 252 g/mol. The van der Waals surface area contributed by atoms with Crippen molar-refractivity contribution >= 4 is 5.91 Å². The van der Waals surface area contributed by atoms with Gasteiger partial charge in [-0.05, 0) is 49.9 Å². The maximum Gasteiger partial charge on any atom is 0.225 e. The highest BCUT2D eigenvalue weighted by atomic mass is 16.2. The molecule has 0 radical (unpaired) electrons. The minimum Gasteiger partial charge on any atom is -0.342 e. The number of aromatic nitrogens is 3. The highest BCUT2D eigenvalue weighted by Crippen LogP contribution is 2.55. The third-order valence-corrected chi connectivity index (χ3v) is 5.23. The molecule has 1 aliphatic heterocycles. The summed E-state index contributed by atoms with van der Waals surface area (Å²) in [6.45, 7) is 2.81. The van der Waals surface area contributed by atoms with Crippen LogP contribution in [0.2, 0.25) is 0 Å². The van der Waals surface area contributed by atoms with Gasteiger partial charge >= 0.3 is 0 Å². The number of rotatable bonds is 4. The Morgan fingerprint density at radius 2 is 2.00 bits per heavy atom. The molecule has 0 unspecified atom stereocenters. The minimum absolute atomic E-state index is 0.384. The Kier molecular flexibility index (Phi) is 3.00. The largest absolute Gasteiger partial charge is 0.342 e. The van der Waals surface area contributed by atoms with E-state index in [2.05, 4.69) is 15.2 Å². The van der Waals surface area contributed by atoms with E-state index >= 15 is 0 Å². The zero-order valence-corrected chi connectivity index (χ0v) is 11.8. The highest BCUT2D eigenvalue weighted by Gasteiger charge is 2.52. The molecule has 1 aromatic heterocycles. The van der Waals surface area contributed by atoms with Gasteiger partial charge in [-0.2, -0.15) is 0 Å². The predicted molar refractivity (Wildman–Crippen MR) is 73.6 cm³/mol. The van der Waals surface area contributed by atoms with Crippen LogP contribution in [0, 0.1) is 23.7 Å². The standard InChI is InChI=1S/C15H22N4O/c20-15(14-9-13(14)12-1-2-12)18-6-3-11(4-7-18)10-19-8-5-16-17-19/h5,8,11-14H,1-4,6-7,9-10H2/t13-,14+/m1/s1. The van der Waals surface area contributed by atoms with Crippen molar-refractivity contribution in [2.24, 2.45) is 23.7 Å². The van der Waals surface area contributed by atoms with Crippen LogP contribution in [0.3, 0.4) is 0 Å². The quantitative estimate of drug-likeness (QED) is 0.837. The Hall–Kier alpha value is -1.39. The van der Waals surface area contributed by atoms with Crippen molar-refractivity contribution in [2.45, 2.75) is 38.6 Å². The van der Waals surface area contributed by atoms with Crippen LogP contribution in [-0.2, 0) is 11.3 Å². The zero-order chi connectivity index (χ0) is 13.5. The molecule has 2 atom stereocenters. The van der Waals surface area contributed by atoms with Crippen molar-refractivity contribution in [3.8, 4) is 0 Å². The van der Waals surface area contributed by atoms with E-state index in [4.69, 9.17) is 0 Å². The van der Waals surface area contributed by atoms with Crippen molar-refractivity contribution < 1.29 is 4.79 Å². The zero-order valence-electron chi connectivity index (χ0n) is 11.8. The van der Waals surface area contributed by atoms with Crippen LogP contribution < -0.4 is 0 Å². The van der Waals surface area contributed by atoms with Gasteiger partial charge in [-0.15, -0.1) is 5.10 Å². The van der Waals surface area contributed by atoms with Crippen LogP contribution in [0.15, 0.2) is 12.4 Å². The van der Waals surface area contributed by atoms with Crippen molar-refractivity contribution in [3.63, 3.8) is 0 Å². The smallest absolute Gasteiger partial charge is 0.225 e. The molecule has 108 valence electrons. The SMILES string of the molecule is O=C([C@H]1C[C@@H]1C1CC1)N1CCC(Cn2ccnn2)CC1. The molecule has 1 saturated heterocycles. The Morgan fingerprint density at radius 1 is 1.20 bits per heavy atom. The van der Waals surface area contributed by atoms with Gasteiger partial charge < -0.3 is 4.90 Å². The van der Waals surface area contributed by atoms with Crippen LogP contribution >= 0.6 is 0 Å². The fourth-order valence-corrected chi connectivity index (χ4v) is 3.71. The molecular formula is C15H22N4O. The van der Waals surface area contributed by atoms with E-state index in [-0.39, 0.29) is 0 Å². The van der Waals surface area contributed by atoms with E-state index in [0.29, 0.717) is 17.7 Å². The van der Waals surface area contributed by atoms with E-state index in [9.17, 15) is 4.79 Å². The number of carbonyl (C=O) groups is 1. The average Bonchev–Trinajstić information content (AvgIpc) is 3.37. The van der Waals surface area contributed by atoms with E-state index in [1.54, 1.807) is 6.20 Å². The normalized spacial score (nSPS) is 30.5. The number of piperidine rings is 1. The summed E-state index contributed by atoms with van der Waals surface area (Å²) < 4.78 is 1.91. The molecule has 0 bridgehead atoms. The lowest BCUT2D eigenvalue weighted by Gasteiger charge is -2.32. The first-order valence-corrected chi connectivity index (χ1v) is 7.94. The average molecular weight is 274 g/mol. The van der Waals surface area contributed by atoms with Crippen LogP contribution in [0.5, 0.6) is 0 Å². The third kappa shape index (κ3) is 2.45. The van der Waals surface area contributed by atoms with Crippen LogP contribution in [0.4, 0.5) is 0 Å². The lowest BCUT2D eigenvalue weighted by molar-refractivity contribution is -0.134. The molecule has 1 amide bonds. The third-order valence-electron chi connectivity index (χ3n) is 5.23. The fourth-order valence-electron chi connectivity index (χ4n) is 3.71. The van der Waals surface area contributed by atoms with Crippen molar-refractivity contribution in [1.29, 1.82) is 0 Å². The Balaban J connectivity index is 1.26. The fraction of sp³-hybridized carbons (Fsp3) is 0.800. The molecule has 0 spiro atoms. The summed E-state index contributed by atoms with van der Waals surface area (Å²) in [7, 11) is 0. The van der Waals surface area contributed by atoms with E-state index < -0.39 is 0 Å². The monoisotopic (exact) mass is 274 g/mol. The highest BCUT2D eigenvalue weighted by molar-refractivity contribution is 5.81. The molecule has 3 aliphatic rings. The van der Waals surface area contributed by atoms with E-state index in [0.717, 1.165) is 44.3 Å². The number of likely N-dealkylation sites (tertiary alicyclic amines) is 1. The molecule has 2 aliphatic carbocycles. The van der Waals surface area contributed by atoms with Crippen LogP contribution in [0.1, 0.15) is 32.1 Å². The Morgan fingerprint density at radius 3 is 2.65 bits per heavy atom. The van der Waals surface area contributed by atoms with Crippen molar-refractivity contribution in [2.75, 3.05) is 13.1 Å². The van der Waals surface area contributed by atoms with Gasteiger partial charge in [-0.25, -0.2) is 0 Å². The van der Waals surface area contributed by atoms with Gasteiger partial charge in [-0.3, -0.25) is 9.48 Å². The summed E-state index contributed by atoms with van der Waals surface area (Å²) in [4.78, 5) is 14.5. The maximum absolute atomic E-state index is 12.4. The molecule has 0 N–H and O–H groups in total. The molecule has 2 heterocycles. The topological polar surface area (TPSA) is 51.0 Å². The molecule has 5 nitrogen and oxygen atoms in total. The molecule has 20 heavy (non-hydrogen) atoms. The second-order valence-electron chi connectivity index (χ2n) is 6.74. The molecule has 3 fully saturated rings. The lowest BCUT2D eigenvalue weighted by atomic mass is 9.96. The maximum atomic E-state index is 12.4. The molecule has 2 saturated carbocycles. The Labute approximate surface area is 119 Å². The van der Waals surface area contributed by atoms with E-state index in [1.807, 2.05) is 10.9 Å². The first kappa shape index (κ1) is 12.4. The van der Waals surface area contributed by atoms with Gasteiger partial charge in [0.2, 0.25) is 5.91 Å². The number of nitrogens with zero attached hydrogens (tertiary/aromatic N) is 4. The summed E-state index contributed by atoms with van der Waals surface area (Å²) in [5, 5.41) is 7.87. The first-order valence-electron chi connectivity index (χ1n) is 7.94. The number of hydrogen-bond donors (Lipinski definition) is 0.